The summed E-state index contributed by atoms with van der Waals surface area (Å²) < 4.78 is 124. The highest BCUT2D eigenvalue weighted by Gasteiger charge is 2.53. The van der Waals surface area contributed by atoms with Crippen molar-refractivity contribution in [2.75, 3.05) is 75.6 Å². The lowest BCUT2D eigenvalue weighted by Crippen LogP contribution is -2.46. The summed E-state index contributed by atoms with van der Waals surface area (Å²) in [6.07, 6.45) is -9.06. The van der Waals surface area contributed by atoms with Gasteiger partial charge in [-0.1, -0.05) is 63.4 Å². The van der Waals surface area contributed by atoms with Crippen LogP contribution in [0.5, 0.6) is 0 Å². The SMILES string of the molecule is CC(C)(COP(=O)(O)OP(=O)(O)OC[C@H]1O[C@@H](n2cnc3c(N)ncnc32)[C@H](O)[C@@H]1OP(=O)(O)O)[C@@H](O)C(=O)NCCC(=O)NCCSC(=O)C=CCC(=O)O.CC=CC(=O)SCCNC(=O)CCNC(=O)[C@H](O)C(C)(C)COP(=O)(O)OP(=O)(O)OC[C@H]1O[C@@H](n2cnc3c(N)ncnc32)[C@H](O)[C@@H]1OP(=O)(O)O. The normalized spacial score (nSPS) is 22.0. The molecular formula is C51H80N14O36P6S2. The molecule has 4 amide bonds. The van der Waals surface area contributed by atoms with Gasteiger partial charge in [0.15, 0.2) is 35.4 Å². The Morgan fingerprint density at radius 2 is 0.936 bits per heavy atom. The largest absolute Gasteiger partial charge is 0.481 e. The van der Waals surface area contributed by atoms with Crippen LogP contribution >= 0.6 is 70.5 Å². The fourth-order valence-electron chi connectivity index (χ4n) is 9.05. The molecule has 612 valence electrons. The van der Waals surface area contributed by atoms with E-state index in [0.29, 0.717) is 5.75 Å². The first-order valence-electron chi connectivity index (χ1n) is 31.1. The number of aliphatic hydroxyl groups excluding tert-OH is 4. The molecule has 2 saturated heterocycles. The minimum atomic E-state index is -5.59. The van der Waals surface area contributed by atoms with E-state index >= 15 is 0 Å². The van der Waals surface area contributed by atoms with Gasteiger partial charge in [-0.05, 0) is 19.1 Å². The third-order valence-electron chi connectivity index (χ3n) is 14.3. The van der Waals surface area contributed by atoms with Crippen molar-refractivity contribution in [3.05, 3.63) is 49.6 Å². The molecule has 0 bridgehead atoms. The van der Waals surface area contributed by atoms with E-state index in [1.165, 1.54) is 39.8 Å². The van der Waals surface area contributed by atoms with Crippen molar-refractivity contribution in [1.29, 1.82) is 0 Å². The van der Waals surface area contributed by atoms with Gasteiger partial charge in [-0.3, -0.25) is 69.8 Å². The third-order valence-corrected chi connectivity index (χ3v) is 22.2. The fraction of sp³-hybridized carbons (Fsp3) is 0.588. The average molecular weight is 1720 g/mol. The third kappa shape index (κ3) is 30.5. The van der Waals surface area contributed by atoms with Crippen LogP contribution in [0.4, 0.5) is 11.6 Å². The molecule has 0 spiro atoms. The van der Waals surface area contributed by atoms with Gasteiger partial charge in [0.25, 0.3) is 0 Å². The molecule has 50 nitrogen and oxygen atoms in total. The monoisotopic (exact) mass is 1710 g/mol. The van der Waals surface area contributed by atoms with Crippen LogP contribution in [0.15, 0.2) is 49.6 Å². The van der Waals surface area contributed by atoms with Gasteiger partial charge in [-0.25, -0.2) is 57.3 Å². The molecule has 0 aliphatic carbocycles. The molecule has 6 rings (SSSR count). The average Bonchev–Trinajstić information content (AvgIpc) is 1.62. The molecule has 21 N–H and O–H groups in total. The molecule has 4 aromatic heterocycles. The van der Waals surface area contributed by atoms with Gasteiger partial charge in [0.05, 0.1) is 45.5 Å². The number of carboxylic acid groups (broad SMARTS) is 1. The number of anilines is 2. The first-order chi connectivity index (χ1) is 50.5. The summed E-state index contributed by atoms with van der Waals surface area (Å²) in [5.41, 5.74) is 8.45. The summed E-state index contributed by atoms with van der Waals surface area (Å²) in [6.45, 7) is 2.38. The first kappa shape index (κ1) is 93.7. The fourth-order valence-corrected chi connectivity index (χ4v) is 15.9. The number of allylic oxidation sites excluding steroid dienone is 1. The Labute approximate surface area is 624 Å². The standard InChI is InChI=1S/C26H40N7O19P3S.C25H40N7O17P3S/c1-26(2,21(39)24(40)29-7-6-15(34)28-8-9-56-17(37)5-3-4-16(35)36)11-49-55(46,47)52-54(44,45)48-10-14-20(51-53(41,42)43)19(38)25(50-14)33-13-32-18-22(27)30-12-31-23(18)33;1-4-5-16(34)53-9-8-27-15(33)6-7-28-23(37)20(36)25(2,3)11-46-52(43,44)49-51(41,42)45-10-14-19(48-50(38,39)40)18(35)24(47-14)32-13-31-17-21(26)29-12-30-22(17)32/h3,5,12-14,19-21,25,38-39H,4,6-11H2,1-2H3,(H,28,34)(H,29,40)(H,35,36)(H,44,45)(H,46,47)(H2,27,30,31)(H2,41,42,43);4-5,12-14,18-20,24,35-36H,6-11H2,1-3H3,(H,27,33)(H,28,37)(H,41,42)(H,43,44)(H2,26,29,30)(H2,38,39,40)/t14-,19-,20-,21+,25-;14-,18-,19-,20+,24-/m11/s1. The van der Waals surface area contributed by atoms with E-state index in [2.05, 4.69) is 68.8 Å². The number of aliphatic hydroxyl groups is 4. The summed E-state index contributed by atoms with van der Waals surface area (Å²) in [4.78, 5) is 184. The molecule has 0 saturated carbocycles. The van der Waals surface area contributed by atoms with Gasteiger partial charge < -0.3 is 107 Å². The van der Waals surface area contributed by atoms with Gasteiger partial charge in [0.1, 0.15) is 72.5 Å². The number of aromatic nitrogens is 8. The van der Waals surface area contributed by atoms with Crippen LogP contribution in [0.1, 0.15) is 66.3 Å². The number of aliphatic carboxylic acids is 1. The number of carbonyl (C=O) groups excluding carboxylic acids is 6. The molecule has 2 fully saturated rings. The van der Waals surface area contributed by atoms with Crippen LogP contribution in [0.3, 0.4) is 0 Å². The summed E-state index contributed by atoms with van der Waals surface area (Å²) in [5.74, 6) is -3.63. The number of carboxylic acids is 1. The molecule has 2 aliphatic heterocycles. The van der Waals surface area contributed by atoms with Crippen LogP contribution in [-0.2, 0) is 106 Å². The minimum Gasteiger partial charge on any atom is -0.481 e. The number of rotatable bonds is 42. The zero-order valence-electron chi connectivity index (χ0n) is 57.5. The Morgan fingerprint density at radius 3 is 1.29 bits per heavy atom. The Balaban J connectivity index is 0.000000391. The van der Waals surface area contributed by atoms with Crippen LogP contribution in [0, 0.1) is 10.8 Å². The maximum atomic E-state index is 12.7. The Bertz CT molecular complexity index is 4230. The lowest BCUT2D eigenvalue weighted by molar-refractivity contribution is -0.137. The number of phosphoric ester groups is 6. The maximum absolute atomic E-state index is 12.7. The number of nitrogen functional groups attached to an aromatic ring is 2. The van der Waals surface area contributed by atoms with E-state index in [0.717, 1.165) is 64.0 Å². The Morgan fingerprint density at radius 1 is 0.569 bits per heavy atom. The second kappa shape index (κ2) is 40.7. The van der Waals surface area contributed by atoms with Gasteiger partial charge in [-0.15, -0.1) is 0 Å². The van der Waals surface area contributed by atoms with E-state index in [1.54, 1.807) is 13.0 Å². The molecule has 6 heterocycles. The number of imidazole rings is 2. The van der Waals surface area contributed by atoms with Gasteiger partial charge >= 0.3 is 52.9 Å². The lowest BCUT2D eigenvalue weighted by atomic mass is 9.87. The van der Waals surface area contributed by atoms with E-state index in [4.69, 9.17) is 44.1 Å². The van der Waals surface area contributed by atoms with Crippen LogP contribution in [0.25, 0.3) is 22.3 Å². The molecule has 4 aromatic rings. The first-order valence-corrected chi connectivity index (χ1v) is 42.1. The molecule has 2 aliphatic rings. The molecule has 0 aromatic carbocycles. The predicted octanol–water partition coefficient (Wildman–Crippen LogP) is -2.06. The quantitative estimate of drug-likeness (QED) is 0.0129. The van der Waals surface area contributed by atoms with Crippen molar-refractivity contribution in [2.45, 2.75) is 115 Å². The van der Waals surface area contributed by atoms with E-state index in [1.807, 2.05) is 0 Å². The zero-order valence-corrected chi connectivity index (χ0v) is 64.5. The number of nitrogens with two attached hydrogens (primary N) is 2. The van der Waals surface area contributed by atoms with Gasteiger partial charge in [0, 0.05) is 61.4 Å². The minimum absolute atomic E-state index is 0.0192. The molecule has 4 unspecified atom stereocenters. The number of amides is 4. The van der Waals surface area contributed by atoms with Gasteiger partial charge in [0.2, 0.25) is 33.9 Å². The molecular weight excluding hydrogens is 1630 g/mol. The van der Waals surface area contributed by atoms with Crippen molar-refractivity contribution < 1.29 is 171 Å². The van der Waals surface area contributed by atoms with E-state index in [9.17, 15) is 121 Å². The number of nitrogens with zero attached hydrogens (tertiary/aromatic N) is 8. The highest BCUT2D eigenvalue weighted by molar-refractivity contribution is 8.14. The highest BCUT2D eigenvalue weighted by atomic mass is 32.2. The van der Waals surface area contributed by atoms with Crippen molar-refractivity contribution in [2.24, 2.45) is 10.8 Å². The zero-order chi connectivity index (χ0) is 81.8. The number of carbonyl (C=O) groups is 7. The van der Waals surface area contributed by atoms with Crippen LogP contribution in [0.2, 0.25) is 0 Å². The molecule has 58 heteroatoms. The summed E-state index contributed by atoms with van der Waals surface area (Å²) >= 11 is 1.85. The number of hydrogen-bond donors (Lipinski definition) is 19. The molecule has 14 atom stereocenters. The number of fused-ring (bicyclic) bond motifs is 2. The van der Waals surface area contributed by atoms with Gasteiger partial charge in [-0.2, -0.15) is 8.62 Å². The van der Waals surface area contributed by atoms with Crippen molar-refractivity contribution in [3.8, 4) is 0 Å². The number of ether oxygens (including phenoxy) is 2. The van der Waals surface area contributed by atoms with Crippen molar-refractivity contribution >= 4 is 144 Å². The van der Waals surface area contributed by atoms with Crippen molar-refractivity contribution in [1.82, 2.24) is 60.3 Å². The van der Waals surface area contributed by atoms with Crippen LogP contribution < -0.4 is 32.7 Å². The highest BCUT2D eigenvalue weighted by Crippen LogP contribution is 2.63. The predicted molar refractivity (Wildman–Crippen MR) is 370 cm³/mol. The second-order valence-electron chi connectivity index (χ2n) is 24.0. The summed E-state index contributed by atoms with van der Waals surface area (Å²) in [7, 11) is -32.8. The summed E-state index contributed by atoms with van der Waals surface area (Å²) in [6, 6.07) is 0. The molecule has 109 heavy (non-hydrogen) atoms. The lowest BCUT2D eigenvalue weighted by Gasteiger charge is -2.30. The Kier molecular flexibility index (Phi) is 35.0. The molecule has 0 radical (unpaired) electrons. The van der Waals surface area contributed by atoms with E-state index in [-0.39, 0.29) is 90.3 Å². The number of hydrogen-bond acceptors (Lipinski definition) is 37. The van der Waals surface area contributed by atoms with E-state index < -0.39 is 180 Å². The van der Waals surface area contributed by atoms with Crippen LogP contribution in [-0.4, -0.2) is 256 Å². The topological polar surface area (TPSA) is 765 Å². The number of phosphoric acid groups is 6. The second-order valence-corrected chi connectivity index (χ2v) is 34.6. The maximum Gasteiger partial charge on any atom is 0.481 e. The Hall–Kier alpha value is -5.93. The smallest absolute Gasteiger partial charge is 0.481 e. The number of nitrogens with one attached hydrogen (secondary N) is 4. The van der Waals surface area contributed by atoms with Crippen molar-refractivity contribution in [3.63, 3.8) is 0 Å². The summed E-state index contributed by atoms with van der Waals surface area (Å²) in [5, 5.41) is 60.4. The number of thioether (sulfide) groups is 2.